The first kappa shape index (κ1) is 43.3. The van der Waals surface area contributed by atoms with Crippen molar-refractivity contribution in [1.82, 2.24) is 0 Å². The SMILES string of the molecule is CO[C@@]12O[C@H](C[C@@H](OCOCC[Si](C)(C)C)[C@@H](C)O[Si](C)(C)C(C)(C)C)C/C(=C\CO[Si](C(C)C)(C(C)C)C(C)C)[C@@H]1OCC2(C)C. The van der Waals surface area contributed by atoms with Gasteiger partial charge in [-0.1, -0.05) is 102 Å². The van der Waals surface area contributed by atoms with Crippen molar-refractivity contribution in [2.24, 2.45) is 5.41 Å². The Balaban J connectivity index is 2.41. The summed E-state index contributed by atoms with van der Waals surface area (Å²) in [5.74, 6) is -0.897. The third-order valence-electron chi connectivity index (χ3n) is 11.4. The topological polar surface area (TPSA) is 64.6 Å². The summed E-state index contributed by atoms with van der Waals surface area (Å²) in [5, 5.41) is 0.0932. The minimum atomic E-state index is -2.04. The molecule has 0 bridgehead atoms. The lowest BCUT2D eigenvalue weighted by atomic mass is 9.77. The van der Waals surface area contributed by atoms with Crippen LogP contribution in [0.5, 0.6) is 0 Å². The van der Waals surface area contributed by atoms with E-state index in [2.05, 4.69) is 122 Å². The van der Waals surface area contributed by atoms with Crippen LogP contribution in [0.4, 0.5) is 0 Å². The monoisotopic (exact) mass is 716 g/mol. The molecule has 2 heterocycles. The van der Waals surface area contributed by atoms with Crippen LogP contribution in [0, 0.1) is 5.41 Å². The van der Waals surface area contributed by atoms with Crippen LogP contribution < -0.4 is 0 Å². The van der Waals surface area contributed by atoms with Crippen molar-refractivity contribution >= 4 is 24.7 Å². The maximum absolute atomic E-state index is 7.03. The van der Waals surface area contributed by atoms with Gasteiger partial charge < -0.3 is 32.5 Å². The fourth-order valence-electron chi connectivity index (χ4n) is 7.58. The smallest absolute Gasteiger partial charge is 0.206 e. The van der Waals surface area contributed by atoms with Crippen LogP contribution in [0.2, 0.25) is 60.4 Å². The zero-order valence-electron chi connectivity index (χ0n) is 33.9. The van der Waals surface area contributed by atoms with Gasteiger partial charge in [0.2, 0.25) is 14.1 Å². The van der Waals surface area contributed by atoms with Crippen LogP contribution in [0.25, 0.3) is 0 Å². The summed E-state index contributed by atoms with van der Waals surface area (Å²) in [4.78, 5) is 0. The highest BCUT2D eigenvalue weighted by molar-refractivity contribution is 6.77. The van der Waals surface area contributed by atoms with E-state index in [1.165, 1.54) is 5.57 Å². The lowest BCUT2D eigenvalue weighted by molar-refractivity contribution is -0.312. The first-order valence-electron chi connectivity index (χ1n) is 18.4. The Labute approximate surface area is 293 Å². The summed E-state index contributed by atoms with van der Waals surface area (Å²) in [6.07, 6.45) is 2.96. The molecule has 2 fully saturated rings. The molecular weight excluding hydrogens is 641 g/mol. The van der Waals surface area contributed by atoms with Gasteiger partial charge in [0, 0.05) is 33.6 Å². The van der Waals surface area contributed by atoms with Gasteiger partial charge in [-0.3, -0.25) is 0 Å². The standard InChI is InChI=1S/C37H76O7Si3/c1-27(2)47(28(3)4,29(5)6)42-20-19-31-23-32(43-37(38-13)34(31)40-25-36(37,11)12)24-33(41-26-39-21-22-45(14,15)16)30(7)44-46(17,18)35(8,9)10/h19,27-30,32-34H,20-26H2,1-18H3/b31-19+/t30-,32+,33-,34+,37-/m1/s1. The molecular formula is C37H76O7Si3. The maximum atomic E-state index is 7.03. The third kappa shape index (κ3) is 10.3. The molecule has 5 atom stereocenters. The predicted molar refractivity (Wildman–Crippen MR) is 204 cm³/mol. The molecule has 0 aromatic rings. The van der Waals surface area contributed by atoms with Crippen LogP contribution in [0.1, 0.15) is 95.9 Å². The normalized spacial score (nSPS) is 26.4. The summed E-state index contributed by atoms with van der Waals surface area (Å²) in [6.45, 7) is 41.2. The number of ether oxygens (including phenoxy) is 5. The first-order chi connectivity index (χ1) is 21.4. The molecule has 278 valence electrons. The summed E-state index contributed by atoms with van der Waals surface area (Å²) in [5.41, 5.74) is 2.44. The van der Waals surface area contributed by atoms with E-state index in [9.17, 15) is 0 Å². The average Bonchev–Trinajstić information content (AvgIpc) is 3.18. The third-order valence-corrected chi connectivity index (χ3v) is 23.8. The van der Waals surface area contributed by atoms with Crippen molar-refractivity contribution in [1.29, 1.82) is 0 Å². The first-order valence-corrected chi connectivity index (χ1v) is 27.2. The van der Waals surface area contributed by atoms with Crippen molar-refractivity contribution in [2.45, 2.75) is 187 Å². The molecule has 0 amide bonds. The quantitative estimate of drug-likeness (QED) is 0.0606. The molecule has 2 saturated heterocycles. The Morgan fingerprint density at radius 3 is 2.00 bits per heavy atom. The minimum Gasteiger partial charge on any atom is -0.412 e. The molecule has 47 heavy (non-hydrogen) atoms. The molecule has 2 rings (SSSR count). The molecule has 0 saturated carbocycles. The van der Waals surface area contributed by atoms with Crippen molar-refractivity contribution in [3.8, 4) is 0 Å². The van der Waals surface area contributed by atoms with Gasteiger partial charge in [-0.05, 0) is 59.7 Å². The van der Waals surface area contributed by atoms with Gasteiger partial charge in [0.25, 0.3) is 0 Å². The number of rotatable bonds is 18. The second kappa shape index (κ2) is 16.6. The molecule has 0 radical (unpaired) electrons. The van der Waals surface area contributed by atoms with E-state index in [0.29, 0.717) is 36.3 Å². The van der Waals surface area contributed by atoms with Gasteiger partial charge >= 0.3 is 0 Å². The number of hydrogen-bond acceptors (Lipinski definition) is 7. The zero-order chi connectivity index (χ0) is 36.2. The highest BCUT2D eigenvalue weighted by Crippen LogP contribution is 2.52. The van der Waals surface area contributed by atoms with E-state index >= 15 is 0 Å². The van der Waals surface area contributed by atoms with E-state index in [-0.39, 0.29) is 41.7 Å². The fraction of sp³-hybridized carbons (Fsp3) is 0.946. The second-order valence-electron chi connectivity index (χ2n) is 18.7. The van der Waals surface area contributed by atoms with E-state index in [1.807, 2.05) is 0 Å². The number of fused-ring (bicyclic) bond motifs is 1. The highest BCUT2D eigenvalue weighted by atomic mass is 28.4. The predicted octanol–water partition coefficient (Wildman–Crippen LogP) is 10.2. The van der Waals surface area contributed by atoms with Crippen LogP contribution in [0.3, 0.4) is 0 Å². The molecule has 10 heteroatoms. The van der Waals surface area contributed by atoms with Crippen molar-refractivity contribution in [3.05, 3.63) is 11.6 Å². The Morgan fingerprint density at radius 2 is 1.51 bits per heavy atom. The van der Waals surface area contributed by atoms with Gasteiger partial charge in [0.1, 0.15) is 12.9 Å². The molecule has 0 aliphatic carbocycles. The van der Waals surface area contributed by atoms with Gasteiger partial charge in [-0.15, -0.1) is 0 Å². The molecule has 2 aliphatic heterocycles. The van der Waals surface area contributed by atoms with Crippen LogP contribution >= 0.6 is 0 Å². The molecule has 0 aromatic heterocycles. The van der Waals surface area contributed by atoms with E-state index < -0.39 is 30.5 Å². The number of methoxy groups -OCH3 is 1. The molecule has 0 aromatic carbocycles. The van der Waals surface area contributed by atoms with E-state index in [1.54, 1.807) is 7.11 Å². The van der Waals surface area contributed by atoms with Crippen LogP contribution in [0.15, 0.2) is 11.6 Å². The second-order valence-corrected chi connectivity index (χ2v) is 34.5. The number of hydrogen-bond donors (Lipinski definition) is 0. The Bertz CT molecular complexity index is 977. The van der Waals surface area contributed by atoms with Gasteiger partial charge in [-0.2, -0.15) is 0 Å². The fourth-order valence-corrected chi connectivity index (χ4v) is 15.1. The molecule has 2 aliphatic rings. The van der Waals surface area contributed by atoms with Crippen molar-refractivity contribution in [3.63, 3.8) is 0 Å². The summed E-state index contributed by atoms with van der Waals surface area (Å²) >= 11 is 0. The lowest BCUT2D eigenvalue weighted by Gasteiger charge is -2.49. The lowest BCUT2D eigenvalue weighted by Crippen LogP contribution is -2.59. The van der Waals surface area contributed by atoms with Crippen molar-refractivity contribution < 1.29 is 32.5 Å². The average molecular weight is 717 g/mol. The summed E-state index contributed by atoms with van der Waals surface area (Å²) in [7, 11) is -3.50. The summed E-state index contributed by atoms with van der Waals surface area (Å²) < 4.78 is 46.4. The van der Waals surface area contributed by atoms with Crippen molar-refractivity contribution in [2.75, 3.05) is 33.7 Å². The minimum absolute atomic E-state index is 0.0932. The van der Waals surface area contributed by atoms with E-state index in [0.717, 1.165) is 19.1 Å². The molecule has 0 unspecified atom stereocenters. The Morgan fingerprint density at radius 1 is 0.936 bits per heavy atom. The summed E-state index contributed by atoms with van der Waals surface area (Å²) in [6, 6.07) is 1.11. The highest BCUT2D eigenvalue weighted by Gasteiger charge is 2.63. The zero-order valence-corrected chi connectivity index (χ0v) is 36.9. The van der Waals surface area contributed by atoms with E-state index in [4.69, 9.17) is 32.5 Å². The molecule has 7 nitrogen and oxygen atoms in total. The van der Waals surface area contributed by atoms with Crippen LogP contribution in [-0.4, -0.2) is 88.6 Å². The Kier molecular flexibility index (Phi) is 15.3. The van der Waals surface area contributed by atoms with Crippen LogP contribution in [-0.2, 0) is 32.5 Å². The van der Waals surface area contributed by atoms with Gasteiger partial charge in [0.15, 0.2) is 8.32 Å². The Hall–Kier alpha value is 0.111. The van der Waals surface area contributed by atoms with Gasteiger partial charge in [0.05, 0.1) is 31.5 Å². The molecule has 0 N–H and O–H groups in total. The largest absolute Gasteiger partial charge is 0.412 e. The maximum Gasteiger partial charge on any atom is 0.206 e. The molecule has 0 spiro atoms. The van der Waals surface area contributed by atoms with Gasteiger partial charge in [-0.25, -0.2) is 0 Å².